The second-order valence-electron chi connectivity index (χ2n) is 4.25. The van der Waals surface area contributed by atoms with Gasteiger partial charge in [0.2, 0.25) is 5.82 Å². The van der Waals surface area contributed by atoms with E-state index in [9.17, 15) is 14.7 Å². The van der Waals surface area contributed by atoms with Gasteiger partial charge in [-0.05, 0) is 12.8 Å². The normalized spacial score (nSPS) is 23.9. The first-order chi connectivity index (χ1) is 8.09. The van der Waals surface area contributed by atoms with Gasteiger partial charge in [-0.3, -0.25) is 14.7 Å². The zero-order chi connectivity index (χ0) is 12.5. The fraction of sp³-hybridized carbons (Fsp3) is 0.600. The maximum Gasteiger partial charge on any atom is 0.311 e. The summed E-state index contributed by atoms with van der Waals surface area (Å²) >= 11 is 0. The molecule has 1 atom stereocenters. The number of hydrogen-bond donors (Lipinski definition) is 2. The smallest absolute Gasteiger partial charge is 0.311 e. The quantitative estimate of drug-likeness (QED) is 0.779. The summed E-state index contributed by atoms with van der Waals surface area (Å²) in [5.41, 5.74) is -0.810. The Labute approximate surface area is 97.8 Å². The van der Waals surface area contributed by atoms with Crippen LogP contribution in [0.1, 0.15) is 30.4 Å². The van der Waals surface area contributed by atoms with E-state index in [1.807, 2.05) is 6.92 Å². The molecule has 1 aromatic heterocycles. The van der Waals surface area contributed by atoms with Gasteiger partial charge in [0.05, 0.1) is 5.41 Å². The Bertz CT molecular complexity index is 431. The Hall–Kier alpha value is -1.92. The fourth-order valence-electron chi connectivity index (χ4n) is 2.12. The predicted molar refractivity (Wildman–Crippen MR) is 57.3 cm³/mol. The van der Waals surface area contributed by atoms with Crippen molar-refractivity contribution in [2.24, 2.45) is 5.41 Å². The molecule has 1 amide bonds. The Morgan fingerprint density at radius 1 is 1.65 bits per heavy atom. The number of nitrogens with zero attached hydrogens (tertiary/aromatic N) is 3. The highest BCUT2D eigenvalue weighted by molar-refractivity contribution is 5.91. The number of carboxylic acids is 1. The summed E-state index contributed by atoms with van der Waals surface area (Å²) in [5.74, 6) is -0.978. The van der Waals surface area contributed by atoms with Gasteiger partial charge < -0.3 is 10.0 Å². The summed E-state index contributed by atoms with van der Waals surface area (Å²) in [6.45, 7) is 2.51. The van der Waals surface area contributed by atoms with Gasteiger partial charge in [-0.1, -0.05) is 6.92 Å². The molecule has 2 rings (SSSR count). The molecule has 2 heterocycles. The zero-order valence-corrected chi connectivity index (χ0v) is 9.51. The number of H-pyrrole nitrogens is 1. The van der Waals surface area contributed by atoms with E-state index in [2.05, 4.69) is 15.2 Å². The molecule has 0 aliphatic carbocycles. The highest BCUT2D eigenvalue weighted by Gasteiger charge is 2.45. The number of aliphatic carboxylic acids is 1. The van der Waals surface area contributed by atoms with Crippen LogP contribution in [0, 0.1) is 5.41 Å². The third-order valence-corrected chi connectivity index (χ3v) is 3.39. The average Bonchev–Trinajstić information content (AvgIpc) is 2.98. The molecular weight excluding hydrogens is 224 g/mol. The first-order valence-electron chi connectivity index (χ1n) is 5.47. The van der Waals surface area contributed by atoms with Crippen LogP contribution in [0.5, 0.6) is 0 Å². The summed E-state index contributed by atoms with van der Waals surface area (Å²) < 4.78 is 0. The van der Waals surface area contributed by atoms with Crippen LogP contribution < -0.4 is 0 Å². The largest absolute Gasteiger partial charge is 0.481 e. The van der Waals surface area contributed by atoms with Crippen molar-refractivity contribution in [1.29, 1.82) is 0 Å². The highest BCUT2D eigenvalue weighted by Crippen LogP contribution is 2.34. The van der Waals surface area contributed by atoms with Crippen molar-refractivity contribution < 1.29 is 14.7 Å². The highest BCUT2D eigenvalue weighted by atomic mass is 16.4. The van der Waals surface area contributed by atoms with Crippen molar-refractivity contribution >= 4 is 11.9 Å². The molecule has 1 aliphatic rings. The number of nitrogens with one attached hydrogen (secondary N) is 1. The summed E-state index contributed by atoms with van der Waals surface area (Å²) in [4.78, 5) is 28.5. The van der Waals surface area contributed by atoms with Gasteiger partial charge >= 0.3 is 5.97 Å². The van der Waals surface area contributed by atoms with Crippen LogP contribution in [0.3, 0.4) is 0 Å². The van der Waals surface area contributed by atoms with Crippen LogP contribution in [0.4, 0.5) is 0 Å². The van der Waals surface area contributed by atoms with Gasteiger partial charge in [0.25, 0.3) is 5.91 Å². The van der Waals surface area contributed by atoms with E-state index in [1.54, 1.807) is 0 Å². The third kappa shape index (κ3) is 1.88. The molecule has 0 bridgehead atoms. The number of hydrogen-bond acceptors (Lipinski definition) is 4. The maximum absolute atomic E-state index is 11.9. The first-order valence-corrected chi connectivity index (χ1v) is 5.47. The minimum atomic E-state index is -0.840. The van der Waals surface area contributed by atoms with Gasteiger partial charge in [0, 0.05) is 13.1 Å². The summed E-state index contributed by atoms with van der Waals surface area (Å²) in [5, 5.41) is 15.3. The van der Waals surface area contributed by atoms with Crippen LogP contribution >= 0.6 is 0 Å². The van der Waals surface area contributed by atoms with Crippen LogP contribution in [-0.4, -0.2) is 50.2 Å². The summed E-state index contributed by atoms with van der Waals surface area (Å²) in [7, 11) is 0. The molecule has 2 N–H and O–H groups in total. The molecule has 1 aliphatic heterocycles. The molecule has 0 radical (unpaired) electrons. The lowest BCUT2D eigenvalue weighted by Gasteiger charge is -2.22. The van der Waals surface area contributed by atoms with Crippen molar-refractivity contribution in [3.8, 4) is 0 Å². The van der Waals surface area contributed by atoms with Crippen molar-refractivity contribution in [3.05, 3.63) is 12.2 Å². The molecule has 7 heteroatoms. The second kappa shape index (κ2) is 4.15. The van der Waals surface area contributed by atoms with Crippen LogP contribution in [0.15, 0.2) is 6.33 Å². The Kier molecular flexibility index (Phi) is 2.83. The molecular formula is C10H14N4O3. The minimum Gasteiger partial charge on any atom is -0.481 e. The monoisotopic (exact) mass is 238 g/mol. The number of aromatic nitrogens is 3. The van der Waals surface area contributed by atoms with E-state index >= 15 is 0 Å². The number of carbonyl (C=O) groups is 2. The Balaban J connectivity index is 2.12. The summed E-state index contributed by atoms with van der Waals surface area (Å²) in [6.07, 6.45) is 2.26. The van der Waals surface area contributed by atoms with Crippen molar-refractivity contribution in [1.82, 2.24) is 20.1 Å². The number of carboxylic acid groups (broad SMARTS) is 1. The molecule has 92 valence electrons. The Morgan fingerprint density at radius 3 is 2.88 bits per heavy atom. The van der Waals surface area contributed by atoms with E-state index in [0.29, 0.717) is 19.4 Å². The van der Waals surface area contributed by atoms with Crippen LogP contribution in [0.2, 0.25) is 0 Å². The average molecular weight is 238 g/mol. The van der Waals surface area contributed by atoms with Gasteiger partial charge in [-0.2, -0.15) is 5.10 Å². The van der Waals surface area contributed by atoms with Gasteiger partial charge in [0.15, 0.2) is 0 Å². The number of aromatic amines is 1. The SMILES string of the molecule is CCC1(C(=O)O)CCN(C(=O)c2ncn[nH]2)C1. The number of amides is 1. The number of likely N-dealkylation sites (tertiary alicyclic amines) is 1. The molecule has 1 unspecified atom stereocenters. The maximum atomic E-state index is 11.9. The number of carbonyl (C=O) groups excluding carboxylic acids is 1. The van der Waals surface area contributed by atoms with E-state index in [1.165, 1.54) is 11.2 Å². The fourth-order valence-corrected chi connectivity index (χ4v) is 2.12. The lowest BCUT2D eigenvalue weighted by Crippen LogP contribution is -2.36. The van der Waals surface area contributed by atoms with Gasteiger partial charge in [0.1, 0.15) is 6.33 Å². The molecule has 1 fully saturated rings. The lowest BCUT2D eigenvalue weighted by atomic mass is 9.84. The predicted octanol–water partition coefficient (Wildman–Crippen LogP) is 0.132. The molecule has 0 spiro atoms. The van der Waals surface area contributed by atoms with Gasteiger partial charge in [-0.25, -0.2) is 4.98 Å². The Morgan fingerprint density at radius 2 is 2.41 bits per heavy atom. The van der Waals surface area contributed by atoms with E-state index < -0.39 is 11.4 Å². The third-order valence-electron chi connectivity index (χ3n) is 3.39. The number of rotatable bonds is 3. The molecule has 0 saturated carbocycles. The van der Waals surface area contributed by atoms with Crippen molar-refractivity contribution in [2.45, 2.75) is 19.8 Å². The van der Waals surface area contributed by atoms with Crippen LogP contribution in [0.25, 0.3) is 0 Å². The van der Waals surface area contributed by atoms with Crippen molar-refractivity contribution in [2.75, 3.05) is 13.1 Å². The standard InChI is InChI=1S/C10H14N4O3/c1-2-10(9(16)17)3-4-14(5-10)8(15)7-11-6-12-13-7/h6H,2-5H2,1H3,(H,16,17)(H,11,12,13). The van der Waals surface area contributed by atoms with E-state index in [-0.39, 0.29) is 18.3 Å². The molecule has 0 aromatic carbocycles. The second-order valence-corrected chi connectivity index (χ2v) is 4.25. The zero-order valence-electron chi connectivity index (χ0n) is 9.51. The van der Waals surface area contributed by atoms with Crippen LogP contribution in [-0.2, 0) is 4.79 Å². The van der Waals surface area contributed by atoms with E-state index in [4.69, 9.17) is 0 Å². The van der Waals surface area contributed by atoms with Gasteiger partial charge in [-0.15, -0.1) is 0 Å². The van der Waals surface area contributed by atoms with Crippen molar-refractivity contribution in [3.63, 3.8) is 0 Å². The molecule has 17 heavy (non-hydrogen) atoms. The topological polar surface area (TPSA) is 99.2 Å². The lowest BCUT2D eigenvalue weighted by molar-refractivity contribution is -0.148. The first kappa shape index (κ1) is 11.6. The molecule has 1 saturated heterocycles. The molecule has 1 aromatic rings. The van der Waals surface area contributed by atoms with E-state index in [0.717, 1.165) is 0 Å². The minimum absolute atomic E-state index is 0.155. The summed E-state index contributed by atoms with van der Waals surface area (Å²) in [6, 6.07) is 0. The molecule has 7 nitrogen and oxygen atoms in total.